The van der Waals surface area contributed by atoms with E-state index in [-0.39, 0.29) is 11.2 Å². The second-order valence-corrected chi connectivity index (χ2v) is 6.19. The Morgan fingerprint density at radius 2 is 2.35 bits per heavy atom. The number of nitrogens with one attached hydrogen (secondary N) is 1. The van der Waals surface area contributed by atoms with E-state index in [1.165, 1.54) is 6.42 Å². The molecule has 1 aliphatic heterocycles. The quantitative estimate of drug-likeness (QED) is 0.822. The molecule has 1 heterocycles. The molecule has 1 fully saturated rings. The molecule has 0 aromatic heterocycles. The number of hydrogen-bond donors (Lipinski definition) is 2. The first-order valence-electron chi connectivity index (χ1n) is 6.93. The number of amides is 1. The highest BCUT2D eigenvalue weighted by atomic mass is 32.2. The van der Waals surface area contributed by atoms with E-state index in [0.717, 1.165) is 35.4 Å². The minimum atomic E-state index is 0.0867. The van der Waals surface area contributed by atoms with Crippen LogP contribution < -0.4 is 11.1 Å². The fourth-order valence-corrected chi connectivity index (χ4v) is 3.35. The van der Waals surface area contributed by atoms with Crippen molar-refractivity contribution in [1.29, 1.82) is 0 Å². The summed E-state index contributed by atoms with van der Waals surface area (Å²) >= 11 is 1.76. The lowest BCUT2D eigenvalue weighted by Gasteiger charge is -2.20. The van der Waals surface area contributed by atoms with Gasteiger partial charge in [-0.15, -0.1) is 11.8 Å². The van der Waals surface area contributed by atoms with E-state index < -0.39 is 0 Å². The highest BCUT2D eigenvalue weighted by Gasteiger charge is 2.21. The minimum absolute atomic E-state index is 0.0867. The van der Waals surface area contributed by atoms with Gasteiger partial charge < -0.3 is 11.1 Å². The number of anilines is 1. The van der Waals surface area contributed by atoms with Gasteiger partial charge in [-0.25, -0.2) is 0 Å². The number of benzene rings is 1. The zero-order chi connectivity index (χ0) is 14.4. The first-order valence-corrected chi connectivity index (χ1v) is 7.97. The average molecular weight is 288 g/mol. The third-order valence-electron chi connectivity index (χ3n) is 3.30. The molecule has 3 nitrogen and oxygen atoms in total. The molecule has 1 atom stereocenters. The normalized spacial score (nSPS) is 18.0. The largest absolute Gasteiger partial charge is 0.325 e. The predicted octanol–water partition coefficient (Wildman–Crippen LogP) is 2.53. The maximum Gasteiger partial charge on any atom is 0.237 e. The first kappa shape index (κ1) is 15.0. The van der Waals surface area contributed by atoms with Crippen LogP contribution in [0.5, 0.6) is 0 Å². The molecule has 20 heavy (non-hydrogen) atoms. The van der Waals surface area contributed by atoms with Gasteiger partial charge in [0.25, 0.3) is 0 Å². The van der Waals surface area contributed by atoms with Crippen molar-refractivity contribution < 1.29 is 4.79 Å². The summed E-state index contributed by atoms with van der Waals surface area (Å²) in [7, 11) is 0. The Balaban J connectivity index is 2.07. The van der Waals surface area contributed by atoms with E-state index in [2.05, 4.69) is 17.2 Å². The van der Waals surface area contributed by atoms with Crippen molar-refractivity contribution in [2.45, 2.75) is 31.4 Å². The van der Waals surface area contributed by atoms with Crippen molar-refractivity contribution in [3.63, 3.8) is 0 Å². The van der Waals surface area contributed by atoms with Crippen LogP contribution in [0.2, 0.25) is 0 Å². The van der Waals surface area contributed by atoms with Gasteiger partial charge in [-0.05, 0) is 43.2 Å². The molecule has 0 saturated carbocycles. The van der Waals surface area contributed by atoms with E-state index in [1.54, 1.807) is 11.8 Å². The van der Waals surface area contributed by atoms with Crippen LogP contribution >= 0.6 is 11.8 Å². The number of hydrogen-bond acceptors (Lipinski definition) is 3. The zero-order valence-electron chi connectivity index (χ0n) is 11.7. The summed E-state index contributed by atoms with van der Waals surface area (Å²) in [5, 5.41) is 3.08. The maximum absolute atomic E-state index is 12.2. The van der Waals surface area contributed by atoms with Gasteiger partial charge in [0.15, 0.2) is 0 Å². The highest BCUT2D eigenvalue weighted by Crippen LogP contribution is 2.26. The summed E-state index contributed by atoms with van der Waals surface area (Å²) < 4.78 is 0. The van der Waals surface area contributed by atoms with Crippen LogP contribution in [-0.2, 0) is 4.79 Å². The van der Waals surface area contributed by atoms with Gasteiger partial charge in [0, 0.05) is 11.3 Å². The lowest BCUT2D eigenvalue weighted by Crippen LogP contribution is -2.27. The zero-order valence-corrected chi connectivity index (χ0v) is 12.6. The summed E-state index contributed by atoms with van der Waals surface area (Å²) in [6.07, 6.45) is 3.34. The van der Waals surface area contributed by atoms with E-state index in [1.807, 2.05) is 25.1 Å². The van der Waals surface area contributed by atoms with E-state index in [9.17, 15) is 4.79 Å². The Hall–Kier alpha value is -1.44. The SMILES string of the molecule is Cc1ccc(NC(=O)C2CCCCS2)cc1C#CCN. The van der Waals surface area contributed by atoms with E-state index in [4.69, 9.17) is 5.73 Å². The van der Waals surface area contributed by atoms with Crippen molar-refractivity contribution in [2.75, 3.05) is 17.6 Å². The molecule has 0 radical (unpaired) electrons. The number of nitrogens with two attached hydrogens (primary N) is 1. The lowest BCUT2D eigenvalue weighted by atomic mass is 10.1. The van der Waals surface area contributed by atoms with E-state index in [0.29, 0.717) is 6.54 Å². The molecule has 4 heteroatoms. The van der Waals surface area contributed by atoms with Crippen LogP contribution in [0.4, 0.5) is 5.69 Å². The van der Waals surface area contributed by atoms with Gasteiger partial charge >= 0.3 is 0 Å². The molecule has 1 saturated heterocycles. The summed E-state index contributed by atoms with van der Waals surface area (Å²) in [6.45, 7) is 2.35. The van der Waals surface area contributed by atoms with Crippen molar-refractivity contribution in [1.82, 2.24) is 0 Å². The van der Waals surface area contributed by atoms with Gasteiger partial charge in [-0.1, -0.05) is 24.3 Å². The smallest absolute Gasteiger partial charge is 0.237 e. The fourth-order valence-electron chi connectivity index (χ4n) is 2.15. The second-order valence-electron chi connectivity index (χ2n) is 4.88. The molecule has 106 valence electrons. The monoisotopic (exact) mass is 288 g/mol. The number of thioether (sulfide) groups is 1. The minimum Gasteiger partial charge on any atom is -0.325 e. The number of carbonyl (C=O) groups is 1. The third kappa shape index (κ3) is 4.03. The molecule has 1 aliphatic rings. The van der Waals surface area contributed by atoms with Crippen LogP contribution in [0, 0.1) is 18.8 Å². The molecule has 1 unspecified atom stereocenters. The Morgan fingerprint density at radius 3 is 3.05 bits per heavy atom. The molecule has 0 spiro atoms. The van der Waals surface area contributed by atoms with Crippen LogP contribution in [0.3, 0.4) is 0 Å². The number of rotatable bonds is 2. The molecule has 0 bridgehead atoms. The molecule has 2 rings (SSSR count). The predicted molar refractivity (Wildman–Crippen MR) is 85.8 cm³/mol. The standard InChI is InChI=1S/C16H20N2OS/c1-12-7-8-14(11-13(12)5-4-9-17)18-16(19)15-6-2-3-10-20-15/h7-8,11,15H,2-3,6,9-10,17H2,1H3,(H,18,19). The number of carbonyl (C=O) groups excluding carboxylic acids is 1. The topological polar surface area (TPSA) is 55.1 Å². The van der Waals surface area contributed by atoms with Crippen LogP contribution in [0.15, 0.2) is 18.2 Å². The summed E-state index contributed by atoms with van der Waals surface area (Å²) in [4.78, 5) is 12.2. The van der Waals surface area contributed by atoms with Crippen molar-refractivity contribution in [2.24, 2.45) is 5.73 Å². The summed E-state index contributed by atoms with van der Waals surface area (Å²) in [5.74, 6) is 7.07. The maximum atomic E-state index is 12.2. The Bertz CT molecular complexity index is 539. The Kier molecular flexibility index (Phi) is 5.51. The Labute approximate surface area is 124 Å². The molecule has 0 aliphatic carbocycles. The first-order chi connectivity index (χ1) is 9.70. The van der Waals surface area contributed by atoms with Crippen LogP contribution in [0.1, 0.15) is 30.4 Å². The van der Waals surface area contributed by atoms with Crippen LogP contribution in [0.25, 0.3) is 0 Å². The van der Waals surface area contributed by atoms with Gasteiger partial charge in [0.1, 0.15) is 0 Å². The fraction of sp³-hybridized carbons (Fsp3) is 0.438. The summed E-state index contributed by atoms with van der Waals surface area (Å²) in [6, 6.07) is 5.82. The number of aryl methyl sites for hydroxylation is 1. The van der Waals surface area contributed by atoms with Crippen molar-refractivity contribution in [3.05, 3.63) is 29.3 Å². The van der Waals surface area contributed by atoms with E-state index >= 15 is 0 Å². The lowest BCUT2D eigenvalue weighted by molar-refractivity contribution is -0.115. The molecule has 1 aromatic rings. The van der Waals surface area contributed by atoms with Gasteiger partial charge in [0.05, 0.1) is 11.8 Å². The second kappa shape index (κ2) is 7.37. The Morgan fingerprint density at radius 1 is 1.50 bits per heavy atom. The summed E-state index contributed by atoms with van der Waals surface area (Å²) in [5.41, 5.74) is 8.22. The van der Waals surface area contributed by atoms with Gasteiger partial charge in [-0.3, -0.25) is 4.79 Å². The molecular formula is C16H20N2OS. The van der Waals surface area contributed by atoms with Crippen molar-refractivity contribution >= 4 is 23.4 Å². The third-order valence-corrected chi connectivity index (χ3v) is 4.68. The molecule has 1 amide bonds. The van der Waals surface area contributed by atoms with Crippen LogP contribution in [-0.4, -0.2) is 23.5 Å². The molecular weight excluding hydrogens is 268 g/mol. The average Bonchev–Trinajstić information content (AvgIpc) is 2.48. The van der Waals surface area contributed by atoms with Crippen molar-refractivity contribution in [3.8, 4) is 11.8 Å². The van der Waals surface area contributed by atoms with Gasteiger partial charge in [-0.2, -0.15) is 0 Å². The van der Waals surface area contributed by atoms with Gasteiger partial charge in [0.2, 0.25) is 5.91 Å². The molecule has 1 aromatic carbocycles. The highest BCUT2D eigenvalue weighted by molar-refractivity contribution is 8.00. The molecule has 3 N–H and O–H groups in total.